The minimum atomic E-state index is -0.708. The second-order valence-corrected chi connectivity index (χ2v) is 5.92. The molecule has 1 aromatic heterocycles. The van der Waals surface area contributed by atoms with Crippen molar-refractivity contribution >= 4 is 11.6 Å². The molecule has 0 aliphatic carbocycles. The van der Waals surface area contributed by atoms with Crippen molar-refractivity contribution < 1.29 is 13.6 Å². The number of halogens is 2. The van der Waals surface area contributed by atoms with Gasteiger partial charge in [-0.05, 0) is 37.7 Å². The van der Waals surface area contributed by atoms with Crippen molar-refractivity contribution in [2.75, 3.05) is 25.0 Å². The molecule has 1 saturated heterocycles. The van der Waals surface area contributed by atoms with Crippen molar-refractivity contribution in [1.29, 1.82) is 0 Å². The molecule has 1 aliphatic heterocycles. The third-order valence-corrected chi connectivity index (χ3v) is 4.36. The molecule has 0 N–H and O–H groups in total. The van der Waals surface area contributed by atoms with Gasteiger partial charge in [0.1, 0.15) is 17.3 Å². The van der Waals surface area contributed by atoms with Gasteiger partial charge in [0, 0.05) is 31.4 Å². The number of hydrogen-bond acceptors (Lipinski definition) is 3. The molecule has 1 fully saturated rings. The van der Waals surface area contributed by atoms with Gasteiger partial charge in [0.15, 0.2) is 0 Å². The predicted molar refractivity (Wildman–Crippen MR) is 87.7 cm³/mol. The van der Waals surface area contributed by atoms with Crippen LogP contribution in [0.25, 0.3) is 0 Å². The maximum Gasteiger partial charge on any atom is 0.244 e. The Morgan fingerprint density at radius 1 is 1.21 bits per heavy atom. The van der Waals surface area contributed by atoms with E-state index >= 15 is 0 Å². The van der Waals surface area contributed by atoms with Crippen molar-refractivity contribution in [3.63, 3.8) is 0 Å². The van der Waals surface area contributed by atoms with Gasteiger partial charge >= 0.3 is 0 Å². The van der Waals surface area contributed by atoms with Gasteiger partial charge in [0.2, 0.25) is 5.91 Å². The molecule has 4 nitrogen and oxygen atoms in total. The Balaban J connectivity index is 1.67. The number of hydrogen-bond donors (Lipinski definition) is 0. The van der Waals surface area contributed by atoms with Crippen LogP contribution in [0.5, 0.6) is 0 Å². The summed E-state index contributed by atoms with van der Waals surface area (Å²) in [7, 11) is 1.85. The fraction of sp³-hybridized carbons (Fsp3) is 0.333. The van der Waals surface area contributed by atoms with Crippen LogP contribution in [0.15, 0.2) is 42.6 Å². The minimum absolute atomic E-state index is 0.247. The Labute approximate surface area is 139 Å². The van der Waals surface area contributed by atoms with Crippen molar-refractivity contribution in [3.05, 3.63) is 59.9 Å². The summed E-state index contributed by atoms with van der Waals surface area (Å²) in [6.07, 6.45) is 3.00. The number of carbonyl (C=O) groups is 1. The molecule has 24 heavy (non-hydrogen) atoms. The van der Waals surface area contributed by atoms with Crippen LogP contribution in [0.3, 0.4) is 0 Å². The number of anilines is 1. The van der Waals surface area contributed by atoms with Crippen LogP contribution in [0.4, 0.5) is 14.5 Å². The third-order valence-electron chi connectivity index (χ3n) is 4.36. The number of aromatic nitrogens is 1. The van der Waals surface area contributed by atoms with E-state index < -0.39 is 11.6 Å². The van der Waals surface area contributed by atoms with E-state index in [-0.39, 0.29) is 17.6 Å². The average Bonchev–Trinajstić information content (AvgIpc) is 2.95. The lowest BCUT2D eigenvalue weighted by atomic mass is 10.2. The monoisotopic (exact) mass is 331 g/mol. The lowest BCUT2D eigenvalue weighted by Crippen LogP contribution is -2.41. The summed E-state index contributed by atoms with van der Waals surface area (Å²) in [6, 6.07) is 8.98. The first-order valence-electron chi connectivity index (χ1n) is 7.93. The van der Waals surface area contributed by atoms with Gasteiger partial charge in [-0.1, -0.05) is 12.1 Å². The molecular formula is C18H19F2N3O. The van der Waals surface area contributed by atoms with Gasteiger partial charge in [-0.15, -0.1) is 0 Å². The Morgan fingerprint density at radius 2 is 1.96 bits per heavy atom. The number of likely N-dealkylation sites (N-methyl/N-ethyl adjacent to an activating group) is 1. The summed E-state index contributed by atoms with van der Waals surface area (Å²) in [5.41, 5.74) is 0.704. The topological polar surface area (TPSA) is 36.4 Å². The van der Waals surface area contributed by atoms with Gasteiger partial charge in [-0.25, -0.2) is 8.78 Å². The zero-order valence-corrected chi connectivity index (χ0v) is 13.5. The number of rotatable bonds is 5. The first-order valence-corrected chi connectivity index (χ1v) is 7.93. The summed E-state index contributed by atoms with van der Waals surface area (Å²) in [6.45, 7) is 0.969. The molecule has 2 heterocycles. The number of amides is 1. The van der Waals surface area contributed by atoms with Gasteiger partial charge < -0.3 is 4.90 Å². The highest BCUT2D eigenvalue weighted by molar-refractivity contribution is 5.99. The summed E-state index contributed by atoms with van der Waals surface area (Å²) in [5.74, 6) is -1.68. The Hall–Kier alpha value is -2.34. The fourth-order valence-electron chi connectivity index (χ4n) is 3.04. The molecule has 1 amide bonds. The lowest BCUT2D eigenvalue weighted by Gasteiger charge is -2.24. The molecule has 0 saturated carbocycles. The molecule has 3 rings (SSSR count). The normalized spacial score (nSPS) is 17.8. The van der Waals surface area contributed by atoms with E-state index in [1.54, 1.807) is 6.20 Å². The number of nitrogens with zero attached hydrogens (tertiary/aromatic N) is 3. The van der Waals surface area contributed by atoms with Crippen LogP contribution >= 0.6 is 0 Å². The largest absolute Gasteiger partial charge is 0.306 e. The summed E-state index contributed by atoms with van der Waals surface area (Å²) in [4.78, 5) is 20.0. The first kappa shape index (κ1) is 16.5. The maximum absolute atomic E-state index is 13.9. The van der Waals surface area contributed by atoms with Crippen LogP contribution in [-0.2, 0) is 11.2 Å². The lowest BCUT2D eigenvalue weighted by molar-refractivity contribution is -0.121. The quantitative estimate of drug-likeness (QED) is 0.845. The van der Waals surface area contributed by atoms with Crippen LogP contribution in [0.2, 0.25) is 0 Å². The highest BCUT2D eigenvalue weighted by Gasteiger charge is 2.37. The molecule has 6 heteroatoms. The van der Waals surface area contributed by atoms with E-state index in [4.69, 9.17) is 0 Å². The maximum atomic E-state index is 13.9. The van der Waals surface area contributed by atoms with Crippen LogP contribution < -0.4 is 4.90 Å². The van der Waals surface area contributed by atoms with Crippen molar-refractivity contribution in [3.8, 4) is 0 Å². The highest BCUT2D eigenvalue weighted by Crippen LogP contribution is 2.29. The SMILES string of the molecule is CN(CCc1ccccn1)C1CCN(c2c(F)cccc2F)C1=O. The number of carbonyl (C=O) groups excluding carboxylic acids is 1. The summed E-state index contributed by atoms with van der Waals surface area (Å²) >= 11 is 0. The molecule has 126 valence electrons. The number of pyridine rings is 1. The molecule has 2 aromatic rings. The van der Waals surface area contributed by atoms with E-state index in [0.717, 1.165) is 12.1 Å². The molecule has 1 atom stereocenters. The zero-order valence-electron chi connectivity index (χ0n) is 13.5. The number of para-hydroxylation sites is 1. The molecule has 1 aromatic carbocycles. The van der Waals surface area contributed by atoms with Crippen LogP contribution in [-0.4, -0.2) is 42.0 Å². The Morgan fingerprint density at radius 3 is 2.62 bits per heavy atom. The highest BCUT2D eigenvalue weighted by atomic mass is 19.1. The molecule has 1 aliphatic rings. The fourth-order valence-corrected chi connectivity index (χ4v) is 3.04. The Kier molecular flexibility index (Phi) is 4.85. The van der Waals surface area contributed by atoms with E-state index in [0.29, 0.717) is 19.5 Å². The van der Waals surface area contributed by atoms with Gasteiger partial charge in [0.05, 0.1) is 6.04 Å². The van der Waals surface area contributed by atoms with Crippen molar-refractivity contribution in [2.45, 2.75) is 18.9 Å². The Bertz CT molecular complexity index is 703. The molecule has 0 radical (unpaired) electrons. The molecule has 1 unspecified atom stereocenters. The van der Waals surface area contributed by atoms with E-state index in [1.165, 1.54) is 23.1 Å². The van der Waals surface area contributed by atoms with Gasteiger partial charge in [0.25, 0.3) is 0 Å². The summed E-state index contributed by atoms with van der Waals surface area (Å²) < 4.78 is 27.8. The smallest absolute Gasteiger partial charge is 0.244 e. The zero-order chi connectivity index (χ0) is 17.1. The molecule has 0 spiro atoms. The second kappa shape index (κ2) is 7.05. The van der Waals surface area contributed by atoms with Crippen molar-refractivity contribution in [1.82, 2.24) is 9.88 Å². The standard InChI is InChI=1S/C18H19F2N3O/c1-22(11-8-13-5-2-3-10-21-13)16-9-12-23(18(16)24)17-14(19)6-4-7-15(17)20/h2-7,10,16H,8-9,11-12H2,1H3. The predicted octanol–water partition coefficient (Wildman–Crippen LogP) is 2.64. The number of benzene rings is 1. The van der Waals surface area contributed by atoms with Gasteiger partial charge in [-0.3, -0.25) is 14.7 Å². The summed E-state index contributed by atoms with van der Waals surface area (Å²) in [5, 5.41) is 0. The molecule has 0 bridgehead atoms. The second-order valence-electron chi connectivity index (χ2n) is 5.92. The van der Waals surface area contributed by atoms with E-state index in [1.807, 2.05) is 30.1 Å². The minimum Gasteiger partial charge on any atom is -0.306 e. The van der Waals surface area contributed by atoms with Crippen LogP contribution in [0, 0.1) is 11.6 Å². The van der Waals surface area contributed by atoms with E-state index in [9.17, 15) is 13.6 Å². The average molecular weight is 331 g/mol. The van der Waals surface area contributed by atoms with E-state index in [2.05, 4.69) is 4.98 Å². The third kappa shape index (κ3) is 3.28. The van der Waals surface area contributed by atoms with Gasteiger partial charge in [-0.2, -0.15) is 0 Å². The first-order chi connectivity index (χ1) is 11.6. The molecular weight excluding hydrogens is 312 g/mol. The van der Waals surface area contributed by atoms with Crippen LogP contribution in [0.1, 0.15) is 12.1 Å². The van der Waals surface area contributed by atoms with Crippen molar-refractivity contribution in [2.24, 2.45) is 0 Å².